The average molecular weight is 325 g/mol. The lowest BCUT2D eigenvalue weighted by molar-refractivity contribution is 0.0546. The molecule has 0 saturated carbocycles. The number of hydrogen-bond donors (Lipinski definition) is 1. The number of β-amino-alcohol motifs (C(OH)–C–C–N with tert-alkyl or cyclic N) is 1. The van der Waals surface area contributed by atoms with E-state index in [2.05, 4.69) is 0 Å². The maximum Gasteiger partial charge on any atom is 0.258 e. The molecule has 2 heterocycles. The van der Waals surface area contributed by atoms with Gasteiger partial charge in [0.15, 0.2) is 5.78 Å². The highest BCUT2D eigenvalue weighted by molar-refractivity contribution is 6.10. The molecule has 1 amide bonds. The van der Waals surface area contributed by atoms with Gasteiger partial charge in [-0.05, 0) is 24.5 Å². The number of furan rings is 1. The third-order valence-electron chi connectivity index (χ3n) is 4.91. The summed E-state index contributed by atoms with van der Waals surface area (Å²) in [4.78, 5) is 27.0. The minimum Gasteiger partial charge on any atom is -0.465 e. The molecule has 5 heteroatoms. The van der Waals surface area contributed by atoms with Crippen LogP contribution in [0.15, 0.2) is 28.7 Å². The first-order valence-electron chi connectivity index (χ1n) is 8.27. The van der Waals surface area contributed by atoms with Crippen molar-refractivity contribution in [1.29, 1.82) is 0 Å². The number of aliphatic hydroxyl groups is 1. The van der Waals surface area contributed by atoms with Gasteiger partial charge >= 0.3 is 0 Å². The smallest absolute Gasteiger partial charge is 0.258 e. The molecule has 0 saturated heterocycles. The lowest BCUT2D eigenvalue weighted by Crippen LogP contribution is -2.39. The molecule has 0 spiro atoms. The first kappa shape index (κ1) is 15.1. The van der Waals surface area contributed by atoms with Crippen molar-refractivity contribution in [3.63, 3.8) is 0 Å². The topological polar surface area (TPSA) is 70.8 Å². The molecule has 1 aromatic carbocycles. The van der Waals surface area contributed by atoms with E-state index in [4.69, 9.17) is 4.42 Å². The zero-order valence-corrected chi connectivity index (χ0v) is 13.5. The summed E-state index contributed by atoms with van der Waals surface area (Å²) in [5.74, 6) is 0.870. The van der Waals surface area contributed by atoms with E-state index in [9.17, 15) is 14.7 Å². The van der Waals surface area contributed by atoms with Gasteiger partial charge < -0.3 is 14.4 Å². The molecule has 124 valence electrons. The molecule has 1 aliphatic heterocycles. The minimum atomic E-state index is -0.711. The van der Waals surface area contributed by atoms with Crippen LogP contribution in [0.5, 0.6) is 0 Å². The Morgan fingerprint density at radius 3 is 2.92 bits per heavy atom. The summed E-state index contributed by atoms with van der Waals surface area (Å²) < 4.78 is 5.68. The van der Waals surface area contributed by atoms with E-state index in [1.165, 1.54) is 0 Å². The summed E-state index contributed by atoms with van der Waals surface area (Å²) in [6, 6.07) is 7.58. The molecule has 0 bridgehead atoms. The summed E-state index contributed by atoms with van der Waals surface area (Å²) >= 11 is 0. The lowest BCUT2D eigenvalue weighted by atomic mass is 9.92. The zero-order valence-electron chi connectivity index (χ0n) is 13.5. The van der Waals surface area contributed by atoms with Crippen molar-refractivity contribution < 1.29 is 19.1 Å². The molecule has 1 N–H and O–H groups in total. The van der Waals surface area contributed by atoms with E-state index in [0.717, 1.165) is 17.5 Å². The molecule has 24 heavy (non-hydrogen) atoms. The standard InChI is InChI=1S/C19H19NO4/c1-11-17(18-14(21)7-4-8-16(18)24-11)19(23)20-9-12-5-2-3-6-13(12)15(22)10-20/h2-3,5-6,15,22H,4,7-10H2,1H3. The van der Waals surface area contributed by atoms with Crippen LogP contribution in [0, 0.1) is 6.92 Å². The maximum absolute atomic E-state index is 13.1. The van der Waals surface area contributed by atoms with E-state index in [-0.39, 0.29) is 18.2 Å². The second kappa shape index (κ2) is 5.60. The number of aryl methyl sites for hydroxylation is 2. The summed E-state index contributed by atoms with van der Waals surface area (Å²) in [6.07, 6.45) is 1.21. The molecule has 0 radical (unpaired) electrons. The van der Waals surface area contributed by atoms with Gasteiger partial charge in [-0.1, -0.05) is 24.3 Å². The number of carbonyl (C=O) groups is 2. The Hall–Kier alpha value is -2.40. The van der Waals surface area contributed by atoms with Crippen LogP contribution in [0.1, 0.15) is 62.3 Å². The number of Topliss-reactive ketones (excluding diaryl/α,β-unsaturated/α-hetero) is 1. The van der Waals surface area contributed by atoms with Gasteiger partial charge in [-0.15, -0.1) is 0 Å². The number of ketones is 1. The first-order valence-corrected chi connectivity index (χ1v) is 8.27. The molecule has 1 aliphatic carbocycles. The van der Waals surface area contributed by atoms with Crippen molar-refractivity contribution >= 4 is 11.7 Å². The minimum absolute atomic E-state index is 0.0191. The number of amides is 1. The van der Waals surface area contributed by atoms with Gasteiger partial charge in [0.25, 0.3) is 5.91 Å². The van der Waals surface area contributed by atoms with Crippen molar-refractivity contribution in [2.45, 2.75) is 38.8 Å². The van der Waals surface area contributed by atoms with Gasteiger partial charge in [0.2, 0.25) is 0 Å². The van der Waals surface area contributed by atoms with E-state index < -0.39 is 6.10 Å². The van der Waals surface area contributed by atoms with E-state index in [1.54, 1.807) is 11.8 Å². The number of rotatable bonds is 1. The van der Waals surface area contributed by atoms with Crippen LogP contribution in [-0.4, -0.2) is 28.2 Å². The predicted molar refractivity (Wildman–Crippen MR) is 86.9 cm³/mol. The van der Waals surface area contributed by atoms with Gasteiger partial charge in [0.05, 0.1) is 23.8 Å². The summed E-state index contributed by atoms with van der Waals surface area (Å²) in [5.41, 5.74) is 2.63. The molecule has 4 rings (SSSR count). The van der Waals surface area contributed by atoms with Gasteiger partial charge in [-0.3, -0.25) is 9.59 Å². The van der Waals surface area contributed by atoms with E-state index >= 15 is 0 Å². The Bertz CT molecular complexity index is 836. The number of carbonyl (C=O) groups excluding carboxylic acids is 2. The number of aliphatic hydroxyl groups excluding tert-OH is 1. The Morgan fingerprint density at radius 1 is 1.29 bits per heavy atom. The Kier molecular flexibility index (Phi) is 3.53. The highest BCUT2D eigenvalue weighted by Crippen LogP contribution is 2.33. The highest BCUT2D eigenvalue weighted by atomic mass is 16.3. The maximum atomic E-state index is 13.1. The number of nitrogens with zero attached hydrogens (tertiary/aromatic N) is 1. The second-order valence-electron chi connectivity index (χ2n) is 6.51. The average Bonchev–Trinajstić information content (AvgIpc) is 2.91. The van der Waals surface area contributed by atoms with Crippen molar-refractivity contribution in [3.8, 4) is 0 Å². The van der Waals surface area contributed by atoms with Gasteiger partial charge in [-0.2, -0.15) is 0 Å². The molecule has 2 aliphatic rings. The first-order chi connectivity index (χ1) is 11.6. The van der Waals surface area contributed by atoms with E-state index in [0.29, 0.717) is 42.0 Å². The van der Waals surface area contributed by atoms with Crippen LogP contribution < -0.4 is 0 Å². The fraction of sp³-hybridized carbons (Fsp3) is 0.368. The van der Waals surface area contributed by atoms with Crippen molar-refractivity contribution in [2.75, 3.05) is 6.54 Å². The molecule has 1 unspecified atom stereocenters. The van der Waals surface area contributed by atoms with Crippen molar-refractivity contribution in [1.82, 2.24) is 4.90 Å². The SMILES string of the molecule is Cc1oc2c(c1C(=O)N1Cc3ccccc3C(O)C1)C(=O)CCC2. The van der Waals surface area contributed by atoms with Crippen LogP contribution in [0.2, 0.25) is 0 Å². The summed E-state index contributed by atoms with van der Waals surface area (Å²) in [6.45, 7) is 2.39. The Morgan fingerprint density at radius 2 is 2.08 bits per heavy atom. The molecule has 1 aromatic heterocycles. The van der Waals surface area contributed by atoms with Gasteiger partial charge in [0, 0.05) is 19.4 Å². The number of hydrogen-bond acceptors (Lipinski definition) is 4. The Balaban J connectivity index is 1.71. The van der Waals surface area contributed by atoms with Crippen molar-refractivity contribution in [3.05, 3.63) is 58.0 Å². The summed E-state index contributed by atoms with van der Waals surface area (Å²) in [5, 5.41) is 10.4. The fourth-order valence-corrected chi connectivity index (χ4v) is 3.76. The fourth-order valence-electron chi connectivity index (χ4n) is 3.76. The number of benzene rings is 1. The monoisotopic (exact) mass is 325 g/mol. The lowest BCUT2D eigenvalue weighted by Gasteiger charge is -2.32. The normalized spacial score (nSPS) is 19.8. The highest BCUT2D eigenvalue weighted by Gasteiger charge is 2.35. The van der Waals surface area contributed by atoms with Crippen molar-refractivity contribution in [2.24, 2.45) is 0 Å². The van der Waals surface area contributed by atoms with Crippen LogP contribution >= 0.6 is 0 Å². The summed E-state index contributed by atoms with van der Waals surface area (Å²) in [7, 11) is 0. The molecular formula is C19H19NO4. The van der Waals surface area contributed by atoms with E-state index in [1.807, 2.05) is 24.3 Å². The third-order valence-corrected chi connectivity index (χ3v) is 4.91. The molecule has 5 nitrogen and oxygen atoms in total. The van der Waals surface area contributed by atoms with Crippen LogP contribution in [0.25, 0.3) is 0 Å². The van der Waals surface area contributed by atoms with Crippen LogP contribution in [-0.2, 0) is 13.0 Å². The second-order valence-corrected chi connectivity index (χ2v) is 6.51. The third kappa shape index (κ3) is 2.27. The molecule has 1 atom stereocenters. The van der Waals surface area contributed by atoms with Gasteiger partial charge in [-0.25, -0.2) is 0 Å². The molecule has 0 fully saturated rings. The number of fused-ring (bicyclic) bond motifs is 2. The quantitative estimate of drug-likeness (QED) is 0.875. The molecular weight excluding hydrogens is 306 g/mol. The van der Waals surface area contributed by atoms with Crippen LogP contribution in [0.4, 0.5) is 0 Å². The largest absolute Gasteiger partial charge is 0.465 e. The Labute approximate surface area is 139 Å². The zero-order chi connectivity index (χ0) is 16.8. The molecule has 2 aromatic rings. The van der Waals surface area contributed by atoms with Gasteiger partial charge in [0.1, 0.15) is 11.5 Å². The predicted octanol–water partition coefficient (Wildman–Crippen LogP) is 2.80. The van der Waals surface area contributed by atoms with Crippen LogP contribution in [0.3, 0.4) is 0 Å².